The van der Waals surface area contributed by atoms with Crippen LogP contribution in [0.1, 0.15) is 19.3 Å². The van der Waals surface area contributed by atoms with Crippen molar-refractivity contribution in [1.82, 2.24) is 4.90 Å². The summed E-state index contributed by atoms with van der Waals surface area (Å²) in [6.07, 6.45) is 5.81. The Hall–Kier alpha value is -1.03. The van der Waals surface area contributed by atoms with Crippen molar-refractivity contribution in [2.24, 2.45) is 0 Å². The van der Waals surface area contributed by atoms with E-state index in [9.17, 15) is 4.79 Å². The third kappa shape index (κ3) is 3.06. The van der Waals surface area contributed by atoms with Crippen molar-refractivity contribution in [3.8, 4) is 0 Å². The van der Waals surface area contributed by atoms with Crippen molar-refractivity contribution in [1.29, 1.82) is 0 Å². The highest BCUT2D eigenvalue weighted by atomic mass is 16.4. The fraction of sp³-hybridized carbons (Fsp3) is 0.667. The lowest BCUT2D eigenvalue weighted by Gasteiger charge is -2.33. The highest BCUT2D eigenvalue weighted by Crippen LogP contribution is 2.16. The molecule has 0 bridgehead atoms. The van der Waals surface area contributed by atoms with Crippen LogP contribution in [0.2, 0.25) is 0 Å². The lowest BCUT2D eigenvalue weighted by Crippen LogP contribution is -2.38. The van der Waals surface area contributed by atoms with E-state index >= 15 is 0 Å². The number of likely N-dealkylation sites (tertiary alicyclic amines) is 1. The molecular formula is C9H15NO3. The van der Waals surface area contributed by atoms with E-state index in [4.69, 9.17) is 10.2 Å². The van der Waals surface area contributed by atoms with Gasteiger partial charge in [-0.3, -0.25) is 0 Å². The van der Waals surface area contributed by atoms with E-state index in [-0.39, 0.29) is 12.6 Å². The molecule has 1 saturated heterocycles. The van der Waals surface area contributed by atoms with Gasteiger partial charge in [0.15, 0.2) is 0 Å². The first-order valence-electron chi connectivity index (χ1n) is 4.52. The van der Waals surface area contributed by atoms with Crippen molar-refractivity contribution in [3.63, 3.8) is 0 Å². The van der Waals surface area contributed by atoms with Gasteiger partial charge in [-0.15, -0.1) is 0 Å². The quantitative estimate of drug-likeness (QED) is 0.626. The normalized spacial score (nSPS) is 23.8. The average molecular weight is 185 g/mol. The van der Waals surface area contributed by atoms with Crippen molar-refractivity contribution in [2.75, 3.05) is 13.2 Å². The lowest BCUT2D eigenvalue weighted by atomic mass is 10.0. The number of carbonyl (C=O) groups is 1. The molecule has 13 heavy (non-hydrogen) atoms. The maximum atomic E-state index is 10.3. The van der Waals surface area contributed by atoms with Gasteiger partial charge >= 0.3 is 5.97 Å². The molecule has 1 fully saturated rings. The summed E-state index contributed by atoms with van der Waals surface area (Å²) in [5, 5.41) is 17.4. The zero-order valence-corrected chi connectivity index (χ0v) is 7.52. The van der Waals surface area contributed by atoms with Crippen LogP contribution in [0.5, 0.6) is 0 Å². The largest absolute Gasteiger partial charge is 0.478 e. The summed E-state index contributed by atoms with van der Waals surface area (Å²) in [7, 11) is 0. The predicted octanol–water partition coefficient (Wildman–Crippen LogP) is 0.432. The van der Waals surface area contributed by atoms with Crippen LogP contribution in [0.4, 0.5) is 0 Å². The van der Waals surface area contributed by atoms with E-state index < -0.39 is 5.97 Å². The smallest absolute Gasteiger partial charge is 0.329 e. The van der Waals surface area contributed by atoms with Gasteiger partial charge in [0.2, 0.25) is 0 Å². The molecule has 4 nitrogen and oxygen atoms in total. The number of nitrogens with zero attached hydrogens (tertiary/aromatic N) is 1. The predicted molar refractivity (Wildman–Crippen MR) is 48.2 cm³/mol. The van der Waals surface area contributed by atoms with E-state index in [1.165, 1.54) is 0 Å². The molecule has 74 valence electrons. The summed E-state index contributed by atoms with van der Waals surface area (Å²) < 4.78 is 0. The molecule has 1 aliphatic rings. The summed E-state index contributed by atoms with van der Waals surface area (Å²) in [5.74, 6) is -0.942. The van der Waals surface area contributed by atoms with Gasteiger partial charge in [-0.2, -0.15) is 0 Å². The highest BCUT2D eigenvalue weighted by Gasteiger charge is 2.18. The molecule has 1 heterocycles. The second-order valence-corrected chi connectivity index (χ2v) is 3.22. The molecule has 1 unspecified atom stereocenters. The maximum absolute atomic E-state index is 10.3. The summed E-state index contributed by atoms with van der Waals surface area (Å²) >= 11 is 0. The SMILES string of the molecule is O=C(O)C=CN1CCCCC1CO. The molecule has 1 atom stereocenters. The summed E-state index contributed by atoms with van der Waals surface area (Å²) in [5.41, 5.74) is 0. The Kier molecular flexibility index (Phi) is 3.76. The highest BCUT2D eigenvalue weighted by molar-refractivity contribution is 5.79. The van der Waals surface area contributed by atoms with E-state index in [1.807, 2.05) is 4.90 Å². The van der Waals surface area contributed by atoms with Crippen molar-refractivity contribution in [2.45, 2.75) is 25.3 Å². The first-order valence-corrected chi connectivity index (χ1v) is 4.52. The van der Waals surface area contributed by atoms with Crippen LogP contribution in [0, 0.1) is 0 Å². The van der Waals surface area contributed by atoms with Crippen molar-refractivity contribution < 1.29 is 15.0 Å². The molecule has 0 spiro atoms. The number of piperidine rings is 1. The summed E-state index contributed by atoms with van der Waals surface area (Å²) in [4.78, 5) is 12.2. The molecule has 0 aliphatic carbocycles. The number of aliphatic carboxylic acids is 1. The Morgan fingerprint density at radius 1 is 1.54 bits per heavy atom. The Labute approximate surface area is 77.5 Å². The van der Waals surface area contributed by atoms with Gasteiger partial charge in [0.25, 0.3) is 0 Å². The Balaban J connectivity index is 2.49. The minimum atomic E-state index is -0.942. The number of hydrogen-bond acceptors (Lipinski definition) is 3. The van der Waals surface area contributed by atoms with Crippen LogP contribution in [-0.4, -0.2) is 40.3 Å². The van der Waals surface area contributed by atoms with E-state index in [1.54, 1.807) is 6.20 Å². The molecule has 4 heteroatoms. The Morgan fingerprint density at radius 2 is 2.31 bits per heavy atom. The van der Waals surface area contributed by atoms with E-state index in [0.29, 0.717) is 0 Å². The Bertz CT molecular complexity index is 203. The number of carboxylic acid groups (broad SMARTS) is 1. The number of hydrogen-bond donors (Lipinski definition) is 2. The lowest BCUT2D eigenvalue weighted by molar-refractivity contribution is -0.131. The second kappa shape index (κ2) is 4.87. The standard InChI is InChI=1S/C9H15NO3/c11-7-8-3-1-2-5-10(8)6-4-9(12)13/h4,6,8,11H,1-3,5,7H2,(H,12,13). The maximum Gasteiger partial charge on any atom is 0.329 e. The third-order valence-corrected chi connectivity index (χ3v) is 2.29. The zero-order chi connectivity index (χ0) is 9.68. The molecule has 0 radical (unpaired) electrons. The summed E-state index contributed by atoms with van der Waals surface area (Å²) in [6.45, 7) is 0.943. The van der Waals surface area contributed by atoms with Gasteiger partial charge in [0.05, 0.1) is 12.6 Å². The number of rotatable bonds is 3. The van der Waals surface area contributed by atoms with Crippen LogP contribution in [0.3, 0.4) is 0 Å². The minimum absolute atomic E-state index is 0.101. The molecule has 2 N–H and O–H groups in total. The van der Waals surface area contributed by atoms with Crippen LogP contribution >= 0.6 is 0 Å². The van der Waals surface area contributed by atoms with Gasteiger partial charge in [0, 0.05) is 18.8 Å². The Morgan fingerprint density at radius 3 is 2.92 bits per heavy atom. The fourth-order valence-electron chi connectivity index (χ4n) is 1.57. The van der Waals surface area contributed by atoms with Crippen molar-refractivity contribution in [3.05, 3.63) is 12.3 Å². The molecule has 0 amide bonds. The first-order chi connectivity index (χ1) is 6.24. The molecule has 0 aromatic heterocycles. The van der Waals surface area contributed by atoms with Gasteiger partial charge in [0.1, 0.15) is 0 Å². The second-order valence-electron chi connectivity index (χ2n) is 3.22. The monoisotopic (exact) mass is 185 g/mol. The number of aliphatic hydroxyl groups excluding tert-OH is 1. The zero-order valence-electron chi connectivity index (χ0n) is 7.52. The number of carboxylic acids is 1. The minimum Gasteiger partial charge on any atom is -0.478 e. The average Bonchev–Trinajstić information content (AvgIpc) is 2.15. The molecule has 0 aromatic rings. The van der Waals surface area contributed by atoms with Crippen LogP contribution < -0.4 is 0 Å². The molecule has 0 aromatic carbocycles. The van der Waals surface area contributed by atoms with Crippen LogP contribution in [-0.2, 0) is 4.79 Å². The molecular weight excluding hydrogens is 170 g/mol. The summed E-state index contributed by atoms with van der Waals surface area (Å²) in [6, 6.07) is 0.101. The van der Waals surface area contributed by atoms with Gasteiger partial charge in [-0.25, -0.2) is 4.79 Å². The number of aliphatic hydroxyl groups is 1. The molecule has 1 rings (SSSR count). The third-order valence-electron chi connectivity index (χ3n) is 2.29. The fourth-order valence-corrected chi connectivity index (χ4v) is 1.57. The first kappa shape index (κ1) is 10.1. The van der Waals surface area contributed by atoms with Gasteiger partial charge < -0.3 is 15.1 Å². The van der Waals surface area contributed by atoms with E-state index in [0.717, 1.165) is 31.9 Å². The molecule has 1 aliphatic heterocycles. The molecule has 0 saturated carbocycles. The van der Waals surface area contributed by atoms with Crippen LogP contribution in [0.25, 0.3) is 0 Å². The van der Waals surface area contributed by atoms with Crippen LogP contribution in [0.15, 0.2) is 12.3 Å². The topological polar surface area (TPSA) is 60.8 Å². The van der Waals surface area contributed by atoms with Gasteiger partial charge in [-0.05, 0) is 19.3 Å². The van der Waals surface area contributed by atoms with E-state index in [2.05, 4.69) is 0 Å². The van der Waals surface area contributed by atoms with Gasteiger partial charge in [-0.1, -0.05) is 0 Å². The van der Waals surface area contributed by atoms with Crippen molar-refractivity contribution >= 4 is 5.97 Å².